The van der Waals surface area contributed by atoms with Crippen molar-refractivity contribution in [3.05, 3.63) is 29.8 Å². The van der Waals surface area contributed by atoms with Crippen LogP contribution in [0, 0.1) is 17.3 Å². The summed E-state index contributed by atoms with van der Waals surface area (Å²) in [7, 11) is 0. The first-order valence-electron chi connectivity index (χ1n) is 10.8. The minimum absolute atomic E-state index is 0.0454. The van der Waals surface area contributed by atoms with E-state index in [2.05, 4.69) is 13.8 Å². The third-order valence-electron chi connectivity index (χ3n) is 7.01. The molecular weight excluding hydrogens is 404 g/mol. The standard InChI is InChI=1S/C23H30O4S2/c1-4-6-10-17-15(3)22(28-12-13-29-22)14-18-16-9-7-8-11-19(16)27-21(25)23(17,18)20(24)26-5-2/h7-9,11,15,17-18H,4-6,10,12-14H2,1-3H3. The largest absolute Gasteiger partial charge is 0.465 e. The highest BCUT2D eigenvalue weighted by atomic mass is 32.2. The quantitative estimate of drug-likeness (QED) is 0.358. The molecule has 158 valence electrons. The predicted octanol–water partition coefficient (Wildman–Crippen LogP) is 5.26. The van der Waals surface area contributed by atoms with Gasteiger partial charge in [0, 0.05) is 17.4 Å². The minimum Gasteiger partial charge on any atom is -0.465 e. The fourth-order valence-electron chi connectivity index (χ4n) is 5.67. The summed E-state index contributed by atoms with van der Waals surface area (Å²) < 4.78 is 11.5. The van der Waals surface area contributed by atoms with Gasteiger partial charge in [-0.3, -0.25) is 9.59 Å². The zero-order valence-electron chi connectivity index (χ0n) is 17.4. The molecule has 1 aromatic carbocycles. The van der Waals surface area contributed by atoms with E-state index in [4.69, 9.17) is 9.47 Å². The van der Waals surface area contributed by atoms with Crippen molar-refractivity contribution < 1.29 is 19.1 Å². The Morgan fingerprint density at radius 2 is 1.97 bits per heavy atom. The molecule has 6 heteroatoms. The van der Waals surface area contributed by atoms with Gasteiger partial charge in [-0.05, 0) is 43.2 Å². The molecule has 0 bridgehead atoms. The Balaban J connectivity index is 1.91. The molecule has 1 aliphatic carbocycles. The molecule has 0 aromatic heterocycles. The van der Waals surface area contributed by atoms with Gasteiger partial charge in [-0.1, -0.05) is 44.9 Å². The summed E-state index contributed by atoms with van der Waals surface area (Å²) in [5.74, 6) is 2.01. The van der Waals surface area contributed by atoms with Gasteiger partial charge in [-0.2, -0.15) is 0 Å². The molecule has 0 N–H and O–H groups in total. The molecule has 1 spiro atoms. The van der Waals surface area contributed by atoms with Gasteiger partial charge < -0.3 is 9.47 Å². The maximum absolute atomic E-state index is 13.6. The summed E-state index contributed by atoms with van der Waals surface area (Å²) in [5, 5.41) is 0. The Morgan fingerprint density at radius 1 is 1.24 bits per heavy atom. The van der Waals surface area contributed by atoms with E-state index < -0.39 is 11.4 Å². The van der Waals surface area contributed by atoms with Gasteiger partial charge in [-0.25, -0.2) is 0 Å². The van der Waals surface area contributed by atoms with Crippen LogP contribution < -0.4 is 4.74 Å². The molecule has 1 saturated heterocycles. The summed E-state index contributed by atoms with van der Waals surface area (Å²) in [6.45, 7) is 6.48. The van der Waals surface area contributed by atoms with Crippen molar-refractivity contribution in [3.63, 3.8) is 0 Å². The van der Waals surface area contributed by atoms with E-state index in [1.165, 1.54) is 0 Å². The highest BCUT2D eigenvalue weighted by Gasteiger charge is 2.70. The van der Waals surface area contributed by atoms with E-state index >= 15 is 0 Å². The molecule has 4 atom stereocenters. The smallest absolute Gasteiger partial charge is 0.329 e. The molecule has 4 nitrogen and oxygen atoms in total. The minimum atomic E-state index is -1.24. The van der Waals surface area contributed by atoms with Crippen LogP contribution in [0.15, 0.2) is 24.3 Å². The number of carbonyl (C=O) groups is 2. The van der Waals surface area contributed by atoms with Gasteiger partial charge in [0.2, 0.25) is 0 Å². The normalized spacial score (nSPS) is 32.4. The first kappa shape index (κ1) is 21.1. The average Bonchev–Trinajstić information content (AvgIpc) is 3.18. The third kappa shape index (κ3) is 3.13. The molecule has 0 radical (unpaired) electrons. The number of para-hydroxylation sites is 1. The summed E-state index contributed by atoms with van der Waals surface area (Å²) >= 11 is 4.05. The molecule has 29 heavy (non-hydrogen) atoms. The van der Waals surface area contributed by atoms with Crippen molar-refractivity contribution in [2.45, 2.75) is 56.5 Å². The molecule has 2 aliphatic heterocycles. The van der Waals surface area contributed by atoms with Crippen molar-refractivity contribution in [2.75, 3.05) is 18.1 Å². The Bertz CT molecular complexity index is 789. The highest BCUT2D eigenvalue weighted by molar-refractivity contribution is 8.21. The Hall–Kier alpha value is -1.14. The second-order valence-corrected chi connectivity index (χ2v) is 11.4. The molecule has 4 rings (SSSR count). The summed E-state index contributed by atoms with van der Waals surface area (Å²) in [6, 6.07) is 7.75. The Kier molecular flexibility index (Phi) is 5.95. The van der Waals surface area contributed by atoms with Gasteiger partial charge in [-0.15, -0.1) is 23.5 Å². The van der Waals surface area contributed by atoms with Crippen molar-refractivity contribution >= 4 is 35.5 Å². The molecule has 3 aliphatic rings. The molecule has 1 saturated carbocycles. The molecule has 4 unspecified atom stereocenters. The van der Waals surface area contributed by atoms with Crippen molar-refractivity contribution in [3.8, 4) is 5.75 Å². The number of unbranched alkanes of at least 4 members (excludes halogenated alkanes) is 1. The van der Waals surface area contributed by atoms with E-state index in [1.807, 2.05) is 54.7 Å². The number of hydrogen-bond acceptors (Lipinski definition) is 6. The van der Waals surface area contributed by atoms with Crippen LogP contribution in [0.1, 0.15) is 57.9 Å². The lowest BCUT2D eigenvalue weighted by Gasteiger charge is -2.56. The predicted molar refractivity (Wildman–Crippen MR) is 118 cm³/mol. The number of hydrogen-bond donors (Lipinski definition) is 0. The van der Waals surface area contributed by atoms with Gasteiger partial charge in [0.05, 0.1) is 10.7 Å². The maximum atomic E-state index is 13.6. The molecule has 2 heterocycles. The second kappa shape index (κ2) is 8.18. The van der Waals surface area contributed by atoms with E-state index in [0.717, 1.165) is 42.8 Å². The zero-order chi connectivity index (χ0) is 20.6. The lowest BCUT2D eigenvalue weighted by Crippen LogP contribution is -2.62. The van der Waals surface area contributed by atoms with E-state index in [1.54, 1.807) is 0 Å². The van der Waals surface area contributed by atoms with Gasteiger partial charge in [0.1, 0.15) is 5.75 Å². The van der Waals surface area contributed by atoms with Crippen LogP contribution >= 0.6 is 23.5 Å². The second-order valence-electron chi connectivity index (χ2n) is 8.32. The van der Waals surface area contributed by atoms with Crippen LogP contribution in [-0.4, -0.2) is 34.1 Å². The highest BCUT2D eigenvalue weighted by Crippen LogP contribution is 2.68. The summed E-state index contributed by atoms with van der Waals surface area (Å²) in [4.78, 5) is 27.2. The molecule has 1 aromatic rings. The van der Waals surface area contributed by atoms with Crippen LogP contribution in [0.5, 0.6) is 5.75 Å². The first-order chi connectivity index (χ1) is 14.0. The average molecular weight is 435 g/mol. The third-order valence-corrected chi connectivity index (χ3v) is 10.8. The maximum Gasteiger partial charge on any atom is 0.329 e. The molecule has 0 amide bonds. The lowest BCUT2D eigenvalue weighted by molar-refractivity contribution is -0.182. The zero-order valence-corrected chi connectivity index (χ0v) is 19.1. The SMILES string of the molecule is CCCCC1C(C)C2(CC3c4ccccc4OC(=O)C31C(=O)OCC)SCCS2. The van der Waals surface area contributed by atoms with Gasteiger partial charge >= 0.3 is 11.9 Å². The first-order valence-corrected chi connectivity index (χ1v) is 12.7. The monoisotopic (exact) mass is 434 g/mol. The number of fused-ring (bicyclic) bond motifs is 3. The number of ether oxygens (including phenoxy) is 2. The van der Waals surface area contributed by atoms with E-state index in [0.29, 0.717) is 5.75 Å². The number of benzene rings is 1. The van der Waals surface area contributed by atoms with Crippen molar-refractivity contribution in [1.82, 2.24) is 0 Å². The van der Waals surface area contributed by atoms with E-state index in [-0.39, 0.29) is 34.4 Å². The number of rotatable bonds is 5. The van der Waals surface area contributed by atoms with Crippen LogP contribution in [0.2, 0.25) is 0 Å². The van der Waals surface area contributed by atoms with Gasteiger partial charge in [0.15, 0.2) is 5.41 Å². The topological polar surface area (TPSA) is 52.6 Å². The van der Waals surface area contributed by atoms with E-state index in [9.17, 15) is 9.59 Å². The molecule has 2 fully saturated rings. The fourth-order valence-corrected chi connectivity index (χ4v) is 9.28. The fraction of sp³-hybridized carbons (Fsp3) is 0.652. The molecular formula is C23H30O4S2. The van der Waals surface area contributed by atoms with Crippen LogP contribution in [0.25, 0.3) is 0 Å². The Labute approximate surface area is 181 Å². The number of carbonyl (C=O) groups excluding carboxylic acids is 2. The number of esters is 2. The summed E-state index contributed by atoms with van der Waals surface area (Å²) in [6.07, 6.45) is 3.67. The van der Waals surface area contributed by atoms with Gasteiger partial charge in [0.25, 0.3) is 0 Å². The Morgan fingerprint density at radius 3 is 2.66 bits per heavy atom. The van der Waals surface area contributed by atoms with Crippen molar-refractivity contribution in [2.24, 2.45) is 17.3 Å². The van der Waals surface area contributed by atoms with Crippen LogP contribution in [0.3, 0.4) is 0 Å². The van der Waals surface area contributed by atoms with Crippen LogP contribution in [0.4, 0.5) is 0 Å². The number of thioether (sulfide) groups is 2. The lowest BCUT2D eigenvalue weighted by atomic mass is 9.52. The van der Waals surface area contributed by atoms with Crippen LogP contribution in [-0.2, 0) is 14.3 Å². The summed E-state index contributed by atoms with van der Waals surface area (Å²) in [5.41, 5.74) is -0.255. The van der Waals surface area contributed by atoms with Crippen molar-refractivity contribution in [1.29, 1.82) is 0 Å².